The zero-order valence-corrected chi connectivity index (χ0v) is 18.9. The van der Waals surface area contributed by atoms with E-state index >= 15 is 0 Å². The van der Waals surface area contributed by atoms with Gasteiger partial charge in [0.25, 0.3) is 0 Å². The molecule has 4 heterocycles. The minimum atomic E-state index is 0.204. The molecule has 0 aliphatic carbocycles. The molecule has 0 amide bonds. The molecule has 1 aliphatic heterocycles. The summed E-state index contributed by atoms with van der Waals surface area (Å²) in [6.45, 7) is 7.26. The predicted molar refractivity (Wildman–Crippen MR) is 123 cm³/mol. The summed E-state index contributed by atoms with van der Waals surface area (Å²) in [7, 11) is 0. The van der Waals surface area contributed by atoms with Gasteiger partial charge in [-0.15, -0.1) is 21.5 Å². The molecule has 0 bridgehead atoms. The van der Waals surface area contributed by atoms with Crippen molar-refractivity contribution in [2.45, 2.75) is 45.3 Å². The number of thiophene rings is 1. The molecule has 3 aromatic heterocycles. The number of nitrogens with zero attached hydrogens (tertiary/aromatic N) is 5. The lowest BCUT2D eigenvalue weighted by Crippen LogP contribution is -2.43. The Morgan fingerprint density at radius 3 is 2.90 bits per heavy atom. The van der Waals surface area contributed by atoms with Crippen LogP contribution < -0.4 is 10.6 Å². The van der Waals surface area contributed by atoms with Gasteiger partial charge in [-0.2, -0.15) is 0 Å². The van der Waals surface area contributed by atoms with Crippen LogP contribution in [-0.4, -0.2) is 51.8 Å². The zero-order valence-electron chi connectivity index (χ0n) is 18.0. The monoisotopic (exact) mass is 441 g/mol. The highest BCUT2D eigenvalue weighted by molar-refractivity contribution is 7.09. The maximum Gasteiger partial charge on any atom is 0.191 e. The molecule has 166 valence electrons. The van der Waals surface area contributed by atoms with E-state index in [0.29, 0.717) is 6.54 Å². The van der Waals surface area contributed by atoms with Gasteiger partial charge >= 0.3 is 0 Å². The third-order valence-corrected chi connectivity index (χ3v) is 6.41. The summed E-state index contributed by atoms with van der Waals surface area (Å²) < 4.78 is 7.84. The molecule has 1 atom stereocenters. The average Bonchev–Trinajstić information content (AvgIpc) is 3.59. The largest absolute Gasteiger partial charge is 0.468 e. The van der Waals surface area contributed by atoms with Crippen LogP contribution in [0, 0.1) is 0 Å². The summed E-state index contributed by atoms with van der Waals surface area (Å²) in [6, 6.07) is 8.42. The second-order valence-electron chi connectivity index (χ2n) is 7.62. The van der Waals surface area contributed by atoms with Gasteiger partial charge in [0.15, 0.2) is 5.96 Å². The second-order valence-corrected chi connectivity index (χ2v) is 8.65. The van der Waals surface area contributed by atoms with Gasteiger partial charge in [0.05, 0.1) is 18.8 Å². The number of aryl methyl sites for hydroxylation is 1. The first kappa shape index (κ1) is 21.6. The zero-order chi connectivity index (χ0) is 21.3. The topological polar surface area (TPSA) is 83.5 Å². The van der Waals surface area contributed by atoms with Crippen LogP contribution in [0.4, 0.5) is 0 Å². The molecule has 2 N–H and O–H groups in total. The molecule has 3 aromatic rings. The van der Waals surface area contributed by atoms with Gasteiger partial charge in [0.2, 0.25) is 0 Å². The molecule has 1 saturated heterocycles. The van der Waals surface area contributed by atoms with E-state index in [9.17, 15) is 0 Å². The molecule has 0 saturated carbocycles. The van der Waals surface area contributed by atoms with E-state index in [-0.39, 0.29) is 6.04 Å². The Labute approximate surface area is 187 Å². The van der Waals surface area contributed by atoms with Crippen LogP contribution in [0.25, 0.3) is 0 Å². The van der Waals surface area contributed by atoms with E-state index in [1.54, 1.807) is 23.9 Å². The average molecular weight is 442 g/mol. The maximum absolute atomic E-state index is 5.76. The van der Waals surface area contributed by atoms with Crippen molar-refractivity contribution in [3.05, 3.63) is 58.7 Å². The van der Waals surface area contributed by atoms with Crippen LogP contribution in [0.15, 0.2) is 51.6 Å². The Morgan fingerprint density at radius 2 is 2.16 bits per heavy atom. The van der Waals surface area contributed by atoms with Crippen molar-refractivity contribution >= 4 is 17.3 Å². The molecule has 1 fully saturated rings. The Hall–Kier alpha value is -2.65. The molecule has 0 aromatic carbocycles. The smallest absolute Gasteiger partial charge is 0.191 e. The van der Waals surface area contributed by atoms with Gasteiger partial charge in [0, 0.05) is 30.9 Å². The number of guanidine groups is 1. The third-order valence-electron chi connectivity index (χ3n) is 5.55. The Balaban J connectivity index is 1.39. The Morgan fingerprint density at radius 1 is 1.26 bits per heavy atom. The molecular weight excluding hydrogens is 410 g/mol. The lowest BCUT2D eigenvalue weighted by Gasteiger charge is -2.26. The number of hydrogen-bond donors (Lipinski definition) is 2. The van der Waals surface area contributed by atoms with Gasteiger partial charge in [-0.3, -0.25) is 4.90 Å². The fraction of sp³-hybridized carbons (Fsp3) is 0.500. The number of aliphatic imine (C=N–C) groups is 1. The van der Waals surface area contributed by atoms with Gasteiger partial charge in [-0.1, -0.05) is 13.0 Å². The van der Waals surface area contributed by atoms with Crippen molar-refractivity contribution in [2.75, 3.05) is 26.2 Å². The van der Waals surface area contributed by atoms with Crippen molar-refractivity contribution < 1.29 is 4.42 Å². The molecule has 1 aliphatic rings. The van der Waals surface area contributed by atoms with Crippen LogP contribution >= 0.6 is 11.3 Å². The quantitative estimate of drug-likeness (QED) is 0.372. The van der Waals surface area contributed by atoms with Gasteiger partial charge in [0.1, 0.15) is 17.9 Å². The molecule has 0 spiro atoms. The summed E-state index contributed by atoms with van der Waals surface area (Å²) in [4.78, 5) is 8.56. The maximum atomic E-state index is 5.76. The first-order valence-electron chi connectivity index (χ1n) is 11.0. The molecule has 9 heteroatoms. The minimum Gasteiger partial charge on any atom is -0.468 e. The molecule has 8 nitrogen and oxygen atoms in total. The Bertz CT molecular complexity index is 914. The molecule has 0 radical (unpaired) electrons. The fourth-order valence-corrected chi connectivity index (χ4v) is 4.53. The molecule has 4 rings (SSSR count). The van der Waals surface area contributed by atoms with Crippen molar-refractivity contribution in [1.82, 2.24) is 30.3 Å². The van der Waals surface area contributed by atoms with Crippen LogP contribution in [0.1, 0.15) is 42.3 Å². The van der Waals surface area contributed by atoms with Crippen LogP contribution in [0.5, 0.6) is 0 Å². The predicted octanol–water partition coefficient (Wildman–Crippen LogP) is 3.07. The summed E-state index contributed by atoms with van der Waals surface area (Å²) >= 11 is 1.73. The molecule has 1 unspecified atom stereocenters. The minimum absolute atomic E-state index is 0.204. The number of likely N-dealkylation sites (tertiary alicyclic amines) is 1. The summed E-state index contributed by atoms with van der Waals surface area (Å²) in [5.41, 5.74) is 0. The standard InChI is InChI=1S/C22H31N7OS/c1-2-21-27-26-17-29(21)12-9-23-22(24-15-18-7-6-14-31-18)25-16-19(20-8-5-13-30-20)28-10-3-4-11-28/h5-8,13-14,17,19H,2-4,9-12,15-16H2,1H3,(H2,23,24,25). The lowest BCUT2D eigenvalue weighted by atomic mass is 10.2. The van der Waals surface area contributed by atoms with Gasteiger partial charge in [-0.05, 0) is 49.5 Å². The van der Waals surface area contributed by atoms with E-state index in [1.165, 1.54) is 17.7 Å². The first-order valence-corrected chi connectivity index (χ1v) is 11.9. The number of hydrogen-bond acceptors (Lipinski definition) is 6. The van der Waals surface area contributed by atoms with Crippen molar-refractivity contribution in [3.63, 3.8) is 0 Å². The molecular formula is C22H31N7OS. The van der Waals surface area contributed by atoms with Crippen LogP contribution in [0.2, 0.25) is 0 Å². The van der Waals surface area contributed by atoms with Gasteiger partial charge < -0.3 is 19.6 Å². The summed E-state index contributed by atoms with van der Waals surface area (Å²) in [5, 5.41) is 17.3. The van der Waals surface area contributed by atoms with E-state index in [2.05, 4.69) is 60.8 Å². The highest BCUT2D eigenvalue weighted by atomic mass is 32.1. The third kappa shape index (κ3) is 5.95. The second kappa shape index (κ2) is 11.1. The highest BCUT2D eigenvalue weighted by Crippen LogP contribution is 2.24. The van der Waals surface area contributed by atoms with E-state index in [0.717, 1.165) is 56.7 Å². The van der Waals surface area contributed by atoms with Crippen LogP contribution in [0.3, 0.4) is 0 Å². The van der Waals surface area contributed by atoms with Gasteiger partial charge in [-0.25, -0.2) is 4.99 Å². The SMILES string of the molecule is CCc1nncn1CCNC(=NCc1cccs1)NCC(c1ccco1)N1CCCC1. The van der Waals surface area contributed by atoms with Crippen molar-refractivity contribution in [2.24, 2.45) is 4.99 Å². The van der Waals surface area contributed by atoms with E-state index in [4.69, 9.17) is 9.41 Å². The van der Waals surface area contributed by atoms with Crippen LogP contribution in [-0.2, 0) is 19.5 Å². The van der Waals surface area contributed by atoms with E-state index < -0.39 is 0 Å². The van der Waals surface area contributed by atoms with Crippen molar-refractivity contribution in [1.29, 1.82) is 0 Å². The molecule has 31 heavy (non-hydrogen) atoms. The van der Waals surface area contributed by atoms with Crippen molar-refractivity contribution in [3.8, 4) is 0 Å². The first-order chi connectivity index (χ1) is 15.3. The normalized spacial score (nSPS) is 16.0. The summed E-state index contributed by atoms with van der Waals surface area (Å²) in [6.07, 6.45) is 6.91. The number of rotatable bonds is 10. The Kier molecular flexibility index (Phi) is 7.73. The highest BCUT2D eigenvalue weighted by Gasteiger charge is 2.25. The summed E-state index contributed by atoms with van der Waals surface area (Å²) in [5.74, 6) is 2.82. The fourth-order valence-electron chi connectivity index (χ4n) is 3.91. The lowest BCUT2D eigenvalue weighted by molar-refractivity contribution is 0.215. The number of aromatic nitrogens is 3. The van der Waals surface area contributed by atoms with E-state index in [1.807, 2.05) is 6.07 Å². The number of furan rings is 1. The number of nitrogens with one attached hydrogen (secondary N) is 2.